The fraction of sp³-hybridized carbons (Fsp3) is 0.300. The minimum absolute atomic E-state index is 0.0205. The van der Waals surface area contributed by atoms with E-state index in [9.17, 15) is 9.59 Å². The third-order valence-corrected chi connectivity index (χ3v) is 4.78. The minimum atomic E-state index is -0.198. The molecule has 134 valence electrons. The van der Waals surface area contributed by atoms with E-state index in [1.807, 2.05) is 42.5 Å². The fourth-order valence-corrected chi connectivity index (χ4v) is 3.41. The molecule has 4 rings (SSSR count). The van der Waals surface area contributed by atoms with Gasteiger partial charge >= 0.3 is 0 Å². The summed E-state index contributed by atoms with van der Waals surface area (Å²) >= 11 is 0. The highest BCUT2D eigenvalue weighted by molar-refractivity contribution is 6.17. The van der Waals surface area contributed by atoms with E-state index in [2.05, 4.69) is 10.2 Å². The Morgan fingerprint density at radius 1 is 1.00 bits per heavy atom. The average Bonchev–Trinajstić information content (AvgIpc) is 2.81. The summed E-state index contributed by atoms with van der Waals surface area (Å²) in [6.07, 6.45) is 0.386. The van der Waals surface area contributed by atoms with E-state index in [0.29, 0.717) is 48.8 Å². The molecular weight excluding hydrogens is 330 g/mol. The summed E-state index contributed by atoms with van der Waals surface area (Å²) in [6, 6.07) is 14.6. The van der Waals surface area contributed by atoms with Crippen LogP contribution in [-0.4, -0.2) is 49.6 Å². The Kier molecular flexibility index (Phi) is 4.69. The van der Waals surface area contributed by atoms with Crippen molar-refractivity contribution in [3.8, 4) is 0 Å². The van der Waals surface area contributed by atoms with E-state index in [4.69, 9.17) is 4.74 Å². The molecule has 2 aromatic carbocycles. The van der Waals surface area contributed by atoms with Crippen molar-refractivity contribution >= 4 is 28.9 Å². The predicted octanol–water partition coefficient (Wildman–Crippen LogP) is 2.64. The number of morpholine rings is 1. The van der Waals surface area contributed by atoms with Crippen molar-refractivity contribution in [2.24, 2.45) is 0 Å². The number of nitrogens with one attached hydrogen (secondary N) is 1. The number of benzene rings is 2. The zero-order valence-corrected chi connectivity index (χ0v) is 14.5. The molecule has 0 spiro atoms. The van der Waals surface area contributed by atoms with Gasteiger partial charge in [0.15, 0.2) is 0 Å². The Bertz CT molecular complexity index is 831. The van der Waals surface area contributed by atoms with E-state index in [1.54, 1.807) is 11.0 Å². The number of amides is 2. The molecule has 2 aliphatic rings. The van der Waals surface area contributed by atoms with Crippen LogP contribution in [0.2, 0.25) is 0 Å². The first kappa shape index (κ1) is 16.8. The Morgan fingerprint density at radius 3 is 2.50 bits per heavy atom. The Morgan fingerprint density at radius 2 is 1.69 bits per heavy atom. The summed E-state index contributed by atoms with van der Waals surface area (Å²) in [5.41, 5.74) is 2.48. The molecule has 0 radical (unpaired) electrons. The molecule has 1 N–H and O–H groups in total. The molecular formula is C20H21N3O3. The van der Waals surface area contributed by atoms with Crippen LogP contribution in [0.3, 0.4) is 0 Å². The number of hydrogen-bond acceptors (Lipinski definition) is 4. The van der Waals surface area contributed by atoms with Crippen LogP contribution in [0, 0.1) is 0 Å². The molecule has 2 heterocycles. The lowest BCUT2D eigenvalue weighted by Gasteiger charge is -2.28. The maximum atomic E-state index is 13.2. The van der Waals surface area contributed by atoms with Gasteiger partial charge < -0.3 is 10.1 Å². The van der Waals surface area contributed by atoms with Crippen molar-refractivity contribution < 1.29 is 14.3 Å². The lowest BCUT2D eigenvalue weighted by Crippen LogP contribution is -2.39. The van der Waals surface area contributed by atoms with Crippen LogP contribution in [0.5, 0.6) is 0 Å². The van der Waals surface area contributed by atoms with Crippen molar-refractivity contribution in [2.45, 2.75) is 6.42 Å². The third-order valence-electron chi connectivity index (χ3n) is 4.78. The maximum absolute atomic E-state index is 13.2. The quantitative estimate of drug-likeness (QED) is 0.923. The Balaban J connectivity index is 1.66. The number of carbonyl (C=O) groups excluding carboxylic acids is 2. The number of carbonyl (C=O) groups is 2. The Hall–Kier alpha value is -2.70. The van der Waals surface area contributed by atoms with Crippen molar-refractivity contribution in [1.29, 1.82) is 0 Å². The molecule has 0 atom stereocenters. The van der Waals surface area contributed by atoms with Crippen LogP contribution in [0.15, 0.2) is 48.5 Å². The number of ether oxygens (including phenoxy) is 1. The van der Waals surface area contributed by atoms with Gasteiger partial charge in [0.1, 0.15) is 0 Å². The van der Waals surface area contributed by atoms with Gasteiger partial charge in [-0.2, -0.15) is 0 Å². The van der Waals surface area contributed by atoms with Gasteiger partial charge in [-0.15, -0.1) is 0 Å². The summed E-state index contributed by atoms with van der Waals surface area (Å²) in [6.45, 7) is 3.80. The summed E-state index contributed by atoms with van der Waals surface area (Å²) in [4.78, 5) is 29.6. The van der Waals surface area contributed by atoms with Crippen LogP contribution < -0.4 is 10.2 Å². The summed E-state index contributed by atoms with van der Waals surface area (Å²) in [5.74, 6) is -0.218. The fourth-order valence-electron chi connectivity index (χ4n) is 3.41. The molecule has 6 heteroatoms. The minimum Gasteiger partial charge on any atom is -0.379 e. The molecule has 0 aromatic heterocycles. The lowest BCUT2D eigenvalue weighted by atomic mass is 10.1. The van der Waals surface area contributed by atoms with Crippen LogP contribution in [0.25, 0.3) is 0 Å². The maximum Gasteiger partial charge on any atom is 0.257 e. The average molecular weight is 351 g/mol. The monoisotopic (exact) mass is 351 g/mol. The van der Waals surface area contributed by atoms with Crippen molar-refractivity contribution in [3.63, 3.8) is 0 Å². The predicted molar refractivity (Wildman–Crippen MR) is 99.9 cm³/mol. The molecule has 0 unspecified atom stereocenters. The zero-order valence-electron chi connectivity index (χ0n) is 14.5. The van der Waals surface area contributed by atoms with Gasteiger partial charge in [0.25, 0.3) is 5.91 Å². The molecule has 6 nitrogen and oxygen atoms in total. The van der Waals surface area contributed by atoms with E-state index in [0.717, 1.165) is 13.1 Å². The highest BCUT2D eigenvalue weighted by atomic mass is 16.5. The third kappa shape index (κ3) is 3.21. The van der Waals surface area contributed by atoms with Gasteiger partial charge in [0.05, 0.1) is 35.8 Å². The molecule has 2 aliphatic heterocycles. The van der Waals surface area contributed by atoms with Crippen LogP contribution in [0.1, 0.15) is 16.8 Å². The molecule has 2 aromatic rings. The molecule has 1 saturated heterocycles. The van der Waals surface area contributed by atoms with Gasteiger partial charge in [0.2, 0.25) is 5.91 Å². The lowest BCUT2D eigenvalue weighted by molar-refractivity contribution is -0.118. The number of fused-ring (bicyclic) bond motifs is 2. The number of rotatable bonds is 3. The van der Waals surface area contributed by atoms with Gasteiger partial charge in [-0.1, -0.05) is 24.3 Å². The normalized spacial score (nSPS) is 17.1. The van der Waals surface area contributed by atoms with Crippen LogP contribution >= 0.6 is 0 Å². The van der Waals surface area contributed by atoms with Gasteiger partial charge in [-0.3, -0.25) is 19.4 Å². The molecule has 0 bridgehead atoms. The van der Waals surface area contributed by atoms with E-state index in [-0.39, 0.29) is 11.8 Å². The number of anilines is 3. The van der Waals surface area contributed by atoms with Crippen molar-refractivity contribution in [2.75, 3.05) is 43.1 Å². The first-order chi connectivity index (χ1) is 12.7. The summed E-state index contributed by atoms with van der Waals surface area (Å²) in [5, 5.41) is 2.91. The van der Waals surface area contributed by atoms with Gasteiger partial charge in [0, 0.05) is 26.1 Å². The molecule has 0 aliphatic carbocycles. The smallest absolute Gasteiger partial charge is 0.257 e. The summed E-state index contributed by atoms with van der Waals surface area (Å²) < 4.78 is 5.36. The zero-order chi connectivity index (χ0) is 17.9. The molecule has 0 saturated carbocycles. The highest BCUT2D eigenvalue weighted by Crippen LogP contribution is 2.38. The van der Waals surface area contributed by atoms with Crippen LogP contribution in [-0.2, 0) is 9.53 Å². The van der Waals surface area contributed by atoms with Crippen molar-refractivity contribution in [3.05, 3.63) is 54.1 Å². The topological polar surface area (TPSA) is 61.9 Å². The molecule has 2 amide bonds. The Labute approximate surface area is 152 Å². The van der Waals surface area contributed by atoms with E-state index in [1.165, 1.54) is 0 Å². The highest BCUT2D eigenvalue weighted by Gasteiger charge is 2.29. The van der Waals surface area contributed by atoms with Crippen LogP contribution in [0.4, 0.5) is 17.1 Å². The summed E-state index contributed by atoms with van der Waals surface area (Å²) in [7, 11) is 0. The second-order valence-electron chi connectivity index (χ2n) is 6.42. The SMILES string of the molecule is O=C1Nc2ccccc2N(C(=O)CCN2CCOCC2)c2ccccc21. The first-order valence-corrected chi connectivity index (χ1v) is 8.86. The molecule has 26 heavy (non-hydrogen) atoms. The number of hydrogen-bond donors (Lipinski definition) is 1. The largest absolute Gasteiger partial charge is 0.379 e. The van der Waals surface area contributed by atoms with E-state index >= 15 is 0 Å². The number of nitrogens with zero attached hydrogens (tertiary/aromatic N) is 2. The van der Waals surface area contributed by atoms with Gasteiger partial charge in [-0.05, 0) is 24.3 Å². The number of para-hydroxylation sites is 3. The standard InChI is InChI=1S/C20H21N3O3/c24-19(9-10-22-11-13-26-14-12-22)23-17-7-3-1-5-15(17)20(25)21-16-6-2-4-8-18(16)23/h1-8H,9-14H2,(H,21,25). The van der Waals surface area contributed by atoms with E-state index < -0.39 is 0 Å². The van der Waals surface area contributed by atoms with Gasteiger partial charge in [-0.25, -0.2) is 0 Å². The van der Waals surface area contributed by atoms with Crippen molar-refractivity contribution in [1.82, 2.24) is 4.90 Å². The molecule has 1 fully saturated rings. The second-order valence-corrected chi connectivity index (χ2v) is 6.42. The second kappa shape index (κ2) is 7.27. The first-order valence-electron chi connectivity index (χ1n) is 8.86.